The van der Waals surface area contributed by atoms with Crippen molar-refractivity contribution >= 4 is 35.1 Å². The number of likely N-dealkylation sites (tertiary alicyclic amines) is 1. The van der Waals surface area contributed by atoms with Gasteiger partial charge in [0.15, 0.2) is 10.8 Å². The normalized spacial score (nSPS) is 19.9. The molecule has 0 aromatic carbocycles. The Balaban J connectivity index is 1.93. The van der Waals surface area contributed by atoms with E-state index in [1.165, 1.54) is 24.0 Å². The van der Waals surface area contributed by atoms with E-state index in [4.69, 9.17) is 12.2 Å². The molecule has 1 saturated heterocycles. The van der Waals surface area contributed by atoms with E-state index in [0.29, 0.717) is 15.5 Å². The first-order chi connectivity index (χ1) is 10.5. The number of H-pyrrole nitrogens is 1. The number of hydrogen-bond donors (Lipinski definition) is 1. The summed E-state index contributed by atoms with van der Waals surface area (Å²) in [6, 6.07) is 0. The molecule has 1 fully saturated rings. The van der Waals surface area contributed by atoms with E-state index in [1.807, 2.05) is 0 Å². The summed E-state index contributed by atoms with van der Waals surface area (Å²) in [5.41, 5.74) is 1.26. The van der Waals surface area contributed by atoms with Crippen LogP contribution in [0.1, 0.15) is 19.8 Å². The lowest BCUT2D eigenvalue weighted by molar-refractivity contribution is 0.245. The van der Waals surface area contributed by atoms with Gasteiger partial charge in [0.05, 0.1) is 0 Å². The van der Waals surface area contributed by atoms with Crippen LogP contribution in [0.25, 0.3) is 11.2 Å². The molecule has 0 unspecified atom stereocenters. The Labute approximate surface area is 138 Å². The van der Waals surface area contributed by atoms with Gasteiger partial charge in [-0.3, -0.25) is 9.13 Å². The van der Waals surface area contributed by atoms with Gasteiger partial charge in [-0.15, -0.1) is 0 Å². The number of aryl methyl sites for hydroxylation is 1. The van der Waals surface area contributed by atoms with Crippen LogP contribution in [0.2, 0.25) is 0 Å². The number of hydrogen-bond acceptors (Lipinski definition) is 5. The van der Waals surface area contributed by atoms with Crippen LogP contribution in [0.4, 0.5) is 0 Å². The molecule has 1 aliphatic heterocycles. The summed E-state index contributed by atoms with van der Waals surface area (Å²) in [7, 11) is 3.42. The van der Waals surface area contributed by atoms with Gasteiger partial charge in [0.2, 0.25) is 0 Å². The van der Waals surface area contributed by atoms with Crippen LogP contribution < -0.4 is 5.69 Å². The Bertz CT molecular complexity index is 806. The predicted molar refractivity (Wildman–Crippen MR) is 92.1 cm³/mol. The highest BCUT2D eigenvalue weighted by molar-refractivity contribution is 7.99. The minimum Gasteiger partial charge on any atom is -0.329 e. The van der Waals surface area contributed by atoms with Crippen LogP contribution in [0.15, 0.2) is 9.95 Å². The van der Waals surface area contributed by atoms with Crippen molar-refractivity contribution in [3.05, 3.63) is 15.1 Å². The second-order valence-corrected chi connectivity index (χ2v) is 7.40. The Morgan fingerprint density at radius 1 is 1.41 bits per heavy atom. The Morgan fingerprint density at radius 2 is 2.18 bits per heavy atom. The summed E-state index contributed by atoms with van der Waals surface area (Å²) in [5.74, 6) is 0. The number of fused-ring (bicyclic) bond motifs is 1. The van der Waals surface area contributed by atoms with Crippen molar-refractivity contribution in [1.82, 2.24) is 24.0 Å². The molecular weight excluding hydrogens is 318 g/mol. The molecule has 22 heavy (non-hydrogen) atoms. The third kappa shape index (κ3) is 2.75. The quantitative estimate of drug-likeness (QED) is 0.866. The number of rotatable bonds is 3. The first-order valence-corrected chi connectivity index (χ1v) is 8.84. The summed E-state index contributed by atoms with van der Waals surface area (Å²) < 4.78 is 3.53. The van der Waals surface area contributed by atoms with Crippen molar-refractivity contribution in [3.63, 3.8) is 0 Å². The monoisotopic (exact) mass is 339 g/mol. The summed E-state index contributed by atoms with van der Waals surface area (Å²) in [4.78, 5) is 22.4. The number of thioether (sulfide) groups is 1. The SMILES string of the molecule is CCN1CCC[C@H](Sc2nc3c([nH]2)c(=S)n(C)c(=O)n3C)C1. The highest BCUT2D eigenvalue weighted by Crippen LogP contribution is 2.28. The van der Waals surface area contributed by atoms with E-state index in [2.05, 4.69) is 21.8 Å². The maximum Gasteiger partial charge on any atom is 0.330 e. The minimum absolute atomic E-state index is 0.143. The van der Waals surface area contributed by atoms with Gasteiger partial charge in [0.1, 0.15) is 10.2 Å². The van der Waals surface area contributed by atoms with Crippen molar-refractivity contribution in [2.45, 2.75) is 30.2 Å². The zero-order valence-corrected chi connectivity index (χ0v) is 14.8. The maximum atomic E-state index is 12.1. The number of imidazole rings is 1. The molecule has 1 atom stereocenters. The molecule has 0 saturated carbocycles. The number of aromatic nitrogens is 4. The average molecular weight is 339 g/mol. The van der Waals surface area contributed by atoms with Gasteiger partial charge in [-0.1, -0.05) is 30.9 Å². The molecule has 2 aromatic rings. The predicted octanol–water partition coefficient (Wildman–Crippen LogP) is 1.91. The molecule has 3 rings (SSSR count). The highest BCUT2D eigenvalue weighted by Gasteiger charge is 2.21. The molecule has 0 radical (unpaired) electrons. The smallest absolute Gasteiger partial charge is 0.329 e. The van der Waals surface area contributed by atoms with Crippen LogP contribution in [-0.4, -0.2) is 48.9 Å². The second kappa shape index (κ2) is 6.17. The fraction of sp³-hybridized carbons (Fsp3) is 0.643. The highest BCUT2D eigenvalue weighted by atomic mass is 32.2. The van der Waals surface area contributed by atoms with Gasteiger partial charge in [0, 0.05) is 25.9 Å². The van der Waals surface area contributed by atoms with Gasteiger partial charge >= 0.3 is 5.69 Å². The van der Waals surface area contributed by atoms with Crippen LogP contribution in [0.3, 0.4) is 0 Å². The number of nitrogens with one attached hydrogen (secondary N) is 1. The van der Waals surface area contributed by atoms with Gasteiger partial charge in [-0.2, -0.15) is 0 Å². The second-order valence-electron chi connectivity index (χ2n) is 5.72. The summed E-state index contributed by atoms with van der Waals surface area (Å²) in [5, 5.41) is 1.39. The molecule has 3 heterocycles. The van der Waals surface area contributed by atoms with Crippen molar-refractivity contribution in [3.8, 4) is 0 Å². The maximum absolute atomic E-state index is 12.1. The molecule has 0 amide bonds. The van der Waals surface area contributed by atoms with Crippen LogP contribution in [-0.2, 0) is 14.1 Å². The summed E-state index contributed by atoms with van der Waals surface area (Å²) >= 11 is 7.12. The standard InChI is InChI=1S/C14H21N5OS2/c1-4-19-7-5-6-9(8-19)22-13-15-10-11(16-13)17(2)14(20)18(3)12(10)21/h9H,4-8H2,1-3H3,(H,15,16)/t9-/m0/s1. The molecule has 120 valence electrons. The van der Waals surface area contributed by atoms with Gasteiger partial charge < -0.3 is 9.88 Å². The van der Waals surface area contributed by atoms with E-state index in [0.717, 1.165) is 23.8 Å². The molecule has 1 N–H and O–H groups in total. The number of aromatic amines is 1. The average Bonchev–Trinajstić information content (AvgIpc) is 2.95. The van der Waals surface area contributed by atoms with Crippen molar-refractivity contribution in [1.29, 1.82) is 0 Å². The lowest BCUT2D eigenvalue weighted by Crippen LogP contribution is -2.36. The van der Waals surface area contributed by atoms with E-state index in [1.54, 1.807) is 30.4 Å². The first kappa shape index (κ1) is 15.8. The van der Waals surface area contributed by atoms with Crippen molar-refractivity contribution in [2.75, 3.05) is 19.6 Å². The van der Waals surface area contributed by atoms with Crippen molar-refractivity contribution in [2.24, 2.45) is 14.1 Å². The van der Waals surface area contributed by atoms with Gasteiger partial charge in [0.25, 0.3) is 0 Å². The summed E-state index contributed by atoms with van der Waals surface area (Å²) in [6.07, 6.45) is 2.43. The third-order valence-electron chi connectivity index (χ3n) is 4.26. The van der Waals surface area contributed by atoms with Gasteiger partial charge in [-0.25, -0.2) is 9.78 Å². The Hall–Kier alpha value is -1.12. The number of nitrogens with zero attached hydrogens (tertiary/aromatic N) is 4. The van der Waals surface area contributed by atoms with E-state index >= 15 is 0 Å². The van der Waals surface area contributed by atoms with Gasteiger partial charge in [-0.05, 0) is 25.9 Å². The zero-order chi connectivity index (χ0) is 15.9. The van der Waals surface area contributed by atoms with Crippen LogP contribution >= 0.6 is 24.0 Å². The molecule has 1 aliphatic rings. The third-order valence-corrected chi connectivity index (χ3v) is 5.87. The zero-order valence-electron chi connectivity index (χ0n) is 13.1. The molecule has 0 spiro atoms. The fourth-order valence-corrected chi connectivity index (χ4v) is 4.32. The Morgan fingerprint density at radius 3 is 2.91 bits per heavy atom. The molecule has 0 aliphatic carbocycles. The molecule has 8 heteroatoms. The Kier molecular flexibility index (Phi) is 4.42. The topological polar surface area (TPSA) is 58.9 Å². The molecule has 0 bridgehead atoms. The van der Waals surface area contributed by atoms with Crippen molar-refractivity contribution < 1.29 is 0 Å². The van der Waals surface area contributed by atoms with E-state index < -0.39 is 0 Å². The largest absolute Gasteiger partial charge is 0.330 e. The molecule has 6 nitrogen and oxygen atoms in total. The lowest BCUT2D eigenvalue weighted by atomic mass is 10.1. The fourth-order valence-electron chi connectivity index (χ4n) is 2.92. The van der Waals surface area contributed by atoms with Crippen LogP contribution in [0, 0.1) is 4.64 Å². The summed E-state index contributed by atoms with van der Waals surface area (Å²) in [6.45, 7) is 5.57. The van der Waals surface area contributed by atoms with E-state index in [-0.39, 0.29) is 5.69 Å². The molecule has 2 aromatic heterocycles. The number of piperidine rings is 1. The van der Waals surface area contributed by atoms with Crippen LogP contribution in [0.5, 0.6) is 0 Å². The lowest BCUT2D eigenvalue weighted by Gasteiger charge is -2.30. The first-order valence-electron chi connectivity index (χ1n) is 7.56. The van der Waals surface area contributed by atoms with E-state index in [9.17, 15) is 4.79 Å². The minimum atomic E-state index is -0.143. The molecular formula is C14H21N5OS2.